The monoisotopic (exact) mass is 489 g/mol. The molecular weight excluding hydrogens is 466 g/mol. The molecule has 0 fully saturated rings. The summed E-state index contributed by atoms with van der Waals surface area (Å²) in [4.78, 5) is 25.4. The molecular formula is C21H23N5O5S2. The number of anilines is 1. The smallest absolute Gasteiger partial charge is 0.256 e. The Morgan fingerprint density at radius 1 is 1.18 bits per heavy atom. The highest BCUT2D eigenvalue weighted by Gasteiger charge is 2.25. The number of nitrogens with zero attached hydrogens (tertiary/aromatic N) is 3. The van der Waals surface area contributed by atoms with Crippen LogP contribution in [0.2, 0.25) is 0 Å². The van der Waals surface area contributed by atoms with Crippen LogP contribution in [0.5, 0.6) is 0 Å². The van der Waals surface area contributed by atoms with Gasteiger partial charge in [-0.25, -0.2) is 17.4 Å². The average molecular weight is 490 g/mol. The van der Waals surface area contributed by atoms with E-state index < -0.39 is 15.9 Å². The van der Waals surface area contributed by atoms with Crippen molar-refractivity contribution in [3.05, 3.63) is 65.2 Å². The summed E-state index contributed by atoms with van der Waals surface area (Å²) in [5, 5.41) is 10.1. The molecule has 3 aromatic rings. The maximum Gasteiger partial charge on any atom is 0.256 e. The summed E-state index contributed by atoms with van der Waals surface area (Å²) in [6.45, 7) is 0.195. The van der Waals surface area contributed by atoms with Gasteiger partial charge in [0.1, 0.15) is 18.1 Å². The van der Waals surface area contributed by atoms with Crippen molar-refractivity contribution < 1.29 is 22.4 Å². The minimum Gasteiger partial charge on any atom is -0.467 e. The van der Waals surface area contributed by atoms with Crippen molar-refractivity contribution in [2.24, 2.45) is 0 Å². The molecule has 0 saturated carbocycles. The van der Waals surface area contributed by atoms with Gasteiger partial charge in [-0.15, -0.1) is 0 Å². The van der Waals surface area contributed by atoms with Gasteiger partial charge in [0.25, 0.3) is 5.91 Å². The molecule has 0 radical (unpaired) electrons. The van der Waals surface area contributed by atoms with E-state index in [2.05, 4.69) is 15.7 Å². The first-order chi connectivity index (χ1) is 15.8. The summed E-state index contributed by atoms with van der Waals surface area (Å²) in [6, 6.07) is 9.21. The van der Waals surface area contributed by atoms with Crippen LogP contribution < -0.4 is 10.6 Å². The Morgan fingerprint density at radius 2 is 1.94 bits per heavy atom. The molecule has 1 aromatic carbocycles. The molecule has 0 atom stereocenters. The molecule has 0 saturated heterocycles. The van der Waals surface area contributed by atoms with Gasteiger partial charge in [-0.3, -0.25) is 9.59 Å². The largest absolute Gasteiger partial charge is 0.467 e. The van der Waals surface area contributed by atoms with Gasteiger partial charge in [-0.05, 0) is 36.4 Å². The third kappa shape index (κ3) is 4.97. The van der Waals surface area contributed by atoms with E-state index >= 15 is 0 Å². The molecule has 2 amide bonds. The topological polar surface area (TPSA) is 127 Å². The van der Waals surface area contributed by atoms with Crippen LogP contribution in [0.25, 0.3) is 0 Å². The molecule has 1 aliphatic rings. The van der Waals surface area contributed by atoms with Gasteiger partial charge in [-0.2, -0.15) is 16.9 Å². The highest BCUT2D eigenvalue weighted by molar-refractivity contribution is 7.98. The first-order valence-corrected chi connectivity index (χ1v) is 12.6. The molecule has 174 valence electrons. The lowest BCUT2D eigenvalue weighted by molar-refractivity contribution is -0.122. The Kier molecular flexibility index (Phi) is 6.58. The third-order valence-corrected chi connectivity index (χ3v) is 7.88. The molecule has 12 heteroatoms. The number of furan rings is 1. The van der Waals surface area contributed by atoms with Crippen molar-refractivity contribution in [3.8, 4) is 0 Å². The van der Waals surface area contributed by atoms with Crippen molar-refractivity contribution in [2.75, 3.05) is 19.4 Å². The SMILES string of the molecule is CN(C)S(=O)(=O)c1ccc(C(=O)Nc2c3c(nn2CC(=O)NCc2ccco2)CSC3)cc1. The summed E-state index contributed by atoms with van der Waals surface area (Å²) in [5.41, 5.74) is 2.02. The maximum atomic E-state index is 12.9. The Labute approximate surface area is 195 Å². The summed E-state index contributed by atoms with van der Waals surface area (Å²) in [6.07, 6.45) is 1.54. The van der Waals surface area contributed by atoms with E-state index in [4.69, 9.17) is 4.42 Å². The van der Waals surface area contributed by atoms with Crippen LogP contribution in [0.1, 0.15) is 27.4 Å². The maximum absolute atomic E-state index is 12.9. The van der Waals surface area contributed by atoms with Gasteiger partial charge >= 0.3 is 0 Å². The van der Waals surface area contributed by atoms with Crippen LogP contribution in [0.15, 0.2) is 52.0 Å². The van der Waals surface area contributed by atoms with Gasteiger partial charge in [0, 0.05) is 36.7 Å². The number of hydrogen-bond acceptors (Lipinski definition) is 7. The predicted molar refractivity (Wildman–Crippen MR) is 123 cm³/mol. The van der Waals surface area contributed by atoms with Crippen LogP contribution >= 0.6 is 11.8 Å². The Balaban J connectivity index is 1.49. The zero-order valence-electron chi connectivity index (χ0n) is 18.1. The van der Waals surface area contributed by atoms with Crippen LogP contribution in [0.4, 0.5) is 5.82 Å². The van der Waals surface area contributed by atoms with Crippen LogP contribution in [0.3, 0.4) is 0 Å². The highest BCUT2D eigenvalue weighted by atomic mass is 32.2. The number of benzene rings is 1. The van der Waals surface area contributed by atoms with Gasteiger partial charge < -0.3 is 15.1 Å². The molecule has 1 aliphatic heterocycles. The van der Waals surface area contributed by atoms with Crippen molar-refractivity contribution >= 4 is 39.4 Å². The first-order valence-electron chi connectivity index (χ1n) is 10.0. The lowest BCUT2D eigenvalue weighted by atomic mass is 10.2. The fourth-order valence-electron chi connectivity index (χ4n) is 3.28. The fraction of sp³-hybridized carbons (Fsp3) is 0.286. The summed E-state index contributed by atoms with van der Waals surface area (Å²) < 4.78 is 32.3. The number of rotatable bonds is 8. The van der Waals surface area contributed by atoms with E-state index in [1.54, 1.807) is 23.9 Å². The number of carbonyl (C=O) groups is 2. The van der Waals surface area contributed by atoms with Crippen LogP contribution in [-0.4, -0.2) is 48.4 Å². The number of nitrogens with one attached hydrogen (secondary N) is 2. The van der Waals surface area contributed by atoms with E-state index in [-0.39, 0.29) is 23.9 Å². The van der Waals surface area contributed by atoms with Crippen LogP contribution in [0, 0.1) is 0 Å². The zero-order valence-corrected chi connectivity index (χ0v) is 19.7. The van der Waals surface area contributed by atoms with Gasteiger partial charge in [0.15, 0.2) is 0 Å². The van der Waals surface area contributed by atoms with E-state index in [9.17, 15) is 18.0 Å². The minimum atomic E-state index is -3.59. The van der Waals surface area contributed by atoms with Crippen molar-refractivity contribution in [1.82, 2.24) is 19.4 Å². The second kappa shape index (κ2) is 9.41. The van der Waals surface area contributed by atoms with Gasteiger partial charge in [-0.1, -0.05) is 0 Å². The molecule has 3 heterocycles. The molecule has 4 rings (SSSR count). The lowest BCUT2D eigenvalue weighted by Crippen LogP contribution is -2.28. The average Bonchev–Trinajstić information content (AvgIpc) is 3.52. The number of aromatic nitrogens is 2. The third-order valence-electron chi connectivity index (χ3n) is 5.08. The second-order valence-electron chi connectivity index (χ2n) is 7.55. The number of thioether (sulfide) groups is 1. The Morgan fingerprint density at radius 3 is 2.61 bits per heavy atom. The normalized spacial score (nSPS) is 13.2. The molecule has 33 heavy (non-hydrogen) atoms. The predicted octanol–water partition coefficient (Wildman–Crippen LogP) is 2.04. The number of carbonyl (C=O) groups excluding carboxylic acids is 2. The second-order valence-corrected chi connectivity index (χ2v) is 10.7. The van der Waals surface area contributed by atoms with E-state index in [0.29, 0.717) is 28.6 Å². The van der Waals surface area contributed by atoms with Crippen molar-refractivity contribution in [1.29, 1.82) is 0 Å². The number of fused-ring (bicyclic) bond motifs is 1. The molecule has 0 bridgehead atoms. The molecule has 0 spiro atoms. The lowest BCUT2D eigenvalue weighted by Gasteiger charge is -2.13. The standard InChI is InChI=1S/C21H23N5O5S2/c1-25(2)33(29,30)16-7-5-14(6-8-16)21(28)23-20-17-12-32-13-18(17)24-26(20)11-19(27)22-10-15-4-3-9-31-15/h3-9H,10-13H2,1-2H3,(H,22,27)(H,23,28). The molecule has 0 unspecified atom stereocenters. The Bertz CT molecular complexity index is 1270. The van der Waals surface area contributed by atoms with Gasteiger partial charge in [0.05, 0.1) is 23.4 Å². The number of hydrogen-bond donors (Lipinski definition) is 2. The summed E-state index contributed by atoms with van der Waals surface area (Å²) in [7, 11) is -0.696. The van der Waals surface area contributed by atoms with E-state index in [1.807, 2.05) is 0 Å². The summed E-state index contributed by atoms with van der Waals surface area (Å²) >= 11 is 1.68. The molecule has 10 nitrogen and oxygen atoms in total. The molecule has 2 N–H and O–H groups in total. The van der Waals surface area contributed by atoms with E-state index in [0.717, 1.165) is 15.6 Å². The van der Waals surface area contributed by atoms with Crippen molar-refractivity contribution in [2.45, 2.75) is 29.5 Å². The molecule has 2 aromatic heterocycles. The number of sulfonamides is 1. The molecule has 0 aliphatic carbocycles. The summed E-state index contributed by atoms with van der Waals surface area (Å²) in [5.74, 6) is 1.80. The zero-order chi connectivity index (χ0) is 23.6. The quantitative estimate of drug-likeness (QED) is 0.496. The Hall–Kier alpha value is -3.09. The minimum absolute atomic E-state index is 0.0615. The van der Waals surface area contributed by atoms with E-state index in [1.165, 1.54) is 49.3 Å². The van der Waals surface area contributed by atoms with Gasteiger partial charge in [0.2, 0.25) is 15.9 Å². The van der Waals surface area contributed by atoms with Crippen LogP contribution in [-0.2, 0) is 39.4 Å². The fourth-order valence-corrected chi connectivity index (χ4v) is 5.22. The number of amides is 2. The highest BCUT2D eigenvalue weighted by Crippen LogP contribution is 2.35. The first kappa shape index (κ1) is 23.1. The van der Waals surface area contributed by atoms with Crippen molar-refractivity contribution in [3.63, 3.8) is 0 Å².